The van der Waals surface area contributed by atoms with Crippen LogP contribution in [0.25, 0.3) is 0 Å². The predicted molar refractivity (Wildman–Crippen MR) is 98.9 cm³/mol. The topological polar surface area (TPSA) is 52.7 Å². The highest BCUT2D eigenvalue weighted by molar-refractivity contribution is 6.33. The zero-order valence-corrected chi connectivity index (χ0v) is 14.7. The molecule has 0 atom stereocenters. The molecule has 0 fully saturated rings. The van der Waals surface area contributed by atoms with Crippen LogP contribution < -0.4 is 15.1 Å². The highest BCUT2D eigenvalue weighted by Crippen LogP contribution is 2.22. The SMILES string of the molecule is CC(=O)N(CC(=O)Nc1ccccc1Cl)c1ccc(N(C)C)cc1. The van der Waals surface area contributed by atoms with E-state index in [1.165, 1.54) is 11.8 Å². The maximum absolute atomic E-state index is 12.3. The van der Waals surface area contributed by atoms with Gasteiger partial charge < -0.3 is 15.1 Å². The summed E-state index contributed by atoms with van der Waals surface area (Å²) in [5.74, 6) is -0.517. The van der Waals surface area contributed by atoms with E-state index in [0.29, 0.717) is 16.4 Å². The normalized spacial score (nSPS) is 10.2. The Morgan fingerprint density at radius 1 is 1.00 bits per heavy atom. The van der Waals surface area contributed by atoms with Gasteiger partial charge in [0.2, 0.25) is 11.8 Å². The first-order valence-corrected chi connectivity index (χ1v) is 7.86. The number of hydrogen-bond acceptors (Lipinski definition) is 3. The molecule has 6 heteroatoms. The third kappa shape index (κ3) is 4.49. The Balaban J connectivity index is 2.12. The number of amides is 2. The van der Waals surface area contributed by atoms with Gasteiger partial charge in [-0.3, -0.25) is 9.59 Å². The fourth-order valence-corrected chi connectivity index (χ4v) is 2.39. The average Bonchev–Trinajstić information content (AvgIpc) is 2.54. The number of carbonyl (C=O) groups is 2. The maximum atomic E-state index is 12.3. The third-order valence-corrected chi connectivity index (χ3v) is 3.84. The van der Waals surface area contributed by atoms with Crippen LogP contribution in [0, 0.1) is 0 Å². The zero-order chi connectivity index (χ0) is 17.7. The van der Waals surface area contributed by atoms with Crippen LogP contribution in [0.2, 0.25) is 5.02 Å². The molecule has 0 heterocycles. The predicted octanol–water partition coefficient (Wildman–Crippen LogP) is 3.40. The number of anilines is 3. The van der Waals surface area contributed by atoms with Crippen molar-refractivity contribution in [2.45, 2.75) is 6.92 Å². The van der Waals surface area contributed by atoms with Crippen LogP contribution in [0.3, 0.4) is 0 Å². The molecule has 0 spiro atoms. The lowest BCUT2D eigenvalue weighted by Crippen LogP contribution is -2.36. The molecule has 2 aromatic rings. The smallest absolute Gasteiger partial charge is 0.244 e. The molecule has 0 saturated carbocycles. The molecule has 5 nitrogen and oxygen atoms in total. The van der Waals surface area contributed by atoms with Crippen molar-refractivity contribution in [2.24, 2.45) is 0 Å². The molecule has 0 unspecified atom stereocenters. The number of halogens is 1. The standard InChI is InChI=1S/C18H20ClN3O2/c1-13(23)22(15-10-8-14(9-11-15)21(2)3)12-18(24)20-17-7-5-4-6-16(17)19/h4-11H,12H2,1-3H3,(H,20,24). The number of hydrogen-bond donors (Lipinski definition) is 1. The first kappa shape index (κ1) is 17.8. The fourth-order valence-electron chi connectivity index (χ4n) is 2.21. The highest BCUT2D eigenvalue weighted by atomic mass is 35.5. The van der Waals surface area contributed by atoms with Gasteiger partial charge in [-0.2, -0.15) is 0 Å². The van der Waals surface area contributed by atoms with E-state index < -0.39 is 0 Å². The lowest BCUT2D eigenvalue weighted by molar-refractivity contribution is -0.120. The van der Waals surface area contributed by atoms with E-state index in [1.807, 2.05) is 43.3 Å². The number of benzene rings is 2. The van der Waals surface area contributed by atoms with Crippen molar-refractivity contribution in [1.82, 2.24) is 0 Å². The Bertz CT molecular complexity index is 729. The van der Waals surface area contributed by atoms with E-state index >= 15 is 0 Å². The fraction of sp³-hybridized carbons (Fsp3) is 0.222. The van der Waals surface area contributed by atoms with Gasteiger partial charge in [-0.25, -0.2) is 0 Å². The van der Waals surface area contributed by atoms with Crippen LogP contribution in [0.1, 0.15) is 6.92 Å². The minimum atomic E-state index is -0.310. The third-order valence-electron chi connectivity index (χ3n) is 3.51. The van der Waals surface area contributed by atoms with E-state index in [9.17, 15) is 9.59 Å². The first-order chi connectivity index (χ1) is 11.4. The molecule has 0 aliphatic carbocycles. The first-order valence-electron chi connectivity index (χ1n) is 7.48. The number of carbonyl (C=O) groups excluding carboxylic acids is 2. The average molecular weight is 346 g/mol. The second kappa shape index (κ2) is 7.84. The molecule has 0 aliphatic rings. The van der Waals surface area contributed by atoms with Crippen molar-refractivity contribution in [2.75, 3.05) is 35.8 Å². The molecule has 24 heavy (non-hydrogen) atoms. The van der Waals surface area contributed by atoms with Crippen molar-refractivity contribution >= 4 is 40.5 Å². The Kier molecular flexibility index (Phi) is 5.82. The molecular formula is C18H20ClN3O2. The summed E-state index contributed by atoms with van der Waals surface area (Å²) >= 11 is 6.03. The van der Waals surface area contributed by atoms with Crippen molar-refractivity contribution in [3.8, 4) is 0 Å². The Morgan fingerprint density at radius 3 is 2.12 bits per heavy atom. The van der Waals surface area contributed by atoms with Crippen molar-refractivity contribution in [1.29, 1.82) is 0 Å². The molecular weight excluding hydrogens is 326 g/mol. The van der Waals surface area contributed by atoms with E-state index in [2.05, 4.69) is 5.32 Å². The zero-order valence-electron chi connectivity index (χ0n) is 13.9. The Labute approximate surface area is 146 Å². The molecule has 2 amide bonds. The number of rotatable bonds is 5. The molecule has 0 saturated heterocycles. The van der Waals surface area contributed by atoms with Gasteiger partial charge in [0.1, 0.15) is 6.54 Å². The quantitative estimate of drug-likeness (QED) is 0.903. The van der Waals surface area contributed by atoms with Gasteiger partial charge in [-0.05, 0) is 36.4 Å². The minimum Gasteiger partial charge on any atom is -0.378 e. The van der Waals surface area contributed by atoms with Crippen LogP contribution in [-0.4, -0.2) is 32.5 Å². The molecule has 0 radical (unpaired) electrons. The second-order valence-electron chi connectivity index (χ2n) is 5.54. The van der Waals surface area contributed by atoms with Gasteiger partial charge in [0.15, 0.2) is 0 Å². The lowest BCUT2D eigenvalue weighted by Gasteiger charge is -2.22. The summed E-state index contributed by atoms with van der Waals surface area (Å²) in [5, 5.41) is 3.18. The largest absolute Gasteiger partial charge is 0.378 e. The van der Waals surface area contributed by atoms with E-state index in [1.54, 1.807) is 24.3 Å². The van der Waals surface area contributed by atoms with Crippen molar-refractivity contribution < 1.29 is 9.59 Å². The van der Waals surface area contributed by atoms with Gasteiger partial charge in [0.05, 0.1) is 10.7 Å². The van der Waals surface area contributed by atoms with Gasteiger partial charge in [-0.15, -0.1) is 0 Å². The molecule has 1 N–H and O–H groups in total. The summed E-state index contributed by atoms with van der Waals surface area (Å²) in [6.07, 6.45) is 0. The van der Waals surface area contributed by atoms with Gasteiger partial charge in [0.25, 0.3) is 0 Å². The number of para-hydroxylation sites is 1. The lowest BCUT2D eigenvalue weighted by atomic mass is 10.2. The summed E-state index contributed by atoms with van der Waals surface area (Å²) < 4.78 is 0. The molecule has 2 aromatic carbocycles. The van der Waals surface area contributed by atoms with E-state index in [4.69, 9.17) is 11.6 Å². The van der Waals surface area contributed by atoms with Gasteiger partial charge in [-0.1, -0.05) is 23.7 Å². The maximum Gasteiger partial charge on any atom is 0.244 e. The van der Waals surface area contributed by atoms with Crippen LogP contribution in [0.5, 0.6) is 0 Å². The van der Waals surface area contributed by atoms with Crippen LogP contribution in [-0.2, 0) is 9.59 Å². The van der Waals surface area contributed by atoms with Gasteiger partial charge in [0, 0.05) is 32.4 Å². The summed E-state index contributed by atoms with van der Waals surface area (Å²) in [6, 6.07) is 14.4. The van der Waals surface area contributed by atoms with E-state index in [-0.39, 0.29) is 18.4 Å². The Morgan fingerprint density at radius 2 is 1.58 bits per heavy atom. The van der Waals surface area contributed by atoms with Crippen LogP contribution in [0.4, 0.5) is 17.1 Å². The minimum absolute atomic E-state index is 0.0815. The van der Waals surface area contributed by atoms with Crippen molar-refractivity contribution in [3.05, 3.63) is 53.6 Å². The highest BCUT2D eigenvalue weighted by Gasteiger charge is 2.16. The van der Waals surface area contributed by atoms with Gasteiger partial charge >= 0.3 is 0 Å². The van der Waals surface area contributed by atoms with Crippen molar-refractivity contribution in [3.63, 3.8) is 0 Å². The molecule has 0 aromatic heterocycles. The van der Waals surface area contributed by atoms with Crippen LogP contribution >= 0.6 is 11.6 Å². The van der Waals surface area contributed by atoms with E-state index in [0.717, 1.165) is 5.69 Å². The molecule has 0 aliphatic heterocycles. The Hall–Kier alpha value is -2.53. The van der Waals surface area contributed by atoms with Crippen LogP contribution in [0.15, 0.2) is 48.5 Å². The summed E-state index contributed by atoms with van der Waals surface area (Å²) in [7, 11) is 3.88. The number of nitrogens with zero attached hydrogens (tertiary/aromatic N) is 2. The molecule has 0 bridgehead atoms. The second-order valence-corrected chi connectivity index (χ2v) is 5.95. The molecule has 2 rings (SSSR count). The summed E-state index contributed by atoms with van der Waals surface area (Å²) in [5.41, 5.74) is 2.21. The number of nitrogens with one attached hydrogen (secondary N) is 1. The molecule has 126 valence electrons. The summed E-state index contributed by atoms with van der Waals surface area (Å²) in [6.45, 7) is 1.35. The monoisotopic (exact) mass is 345 g/mol. The summed E-state index contributed by atoms with van der Waals surface area (Å²) in [4.78, 5) is 27.6.